The lowest BCUT2D eigenvalue weighted by atomic mass is 10.2. The van der Waals surface area contributed by atoms with Gasteiger partial charge in [0.25, 0.3) is 11.8 Å². The molecule has 0 radical (unpaired) electrons. The number of anilines is 2. The molecule has 0 unspecified atom stereocenters. The van der Waals surface area contributed by atoms with E-state index in [0.717, 1.165) is 11.3 Å². The van der Waals surface area contributed by atoms with Crippen molar-refractivity contribution < 1.29 is 18.7 Å². The molecule has 2 aromatic carbocycles. The van der Waals surface area contributed by atoms with E-state index in [-0.39, 0.29) is 11.3 Å². The summed E-state index contributed by atoms with van der Waals surface area (Å²) in [6.07, 6.45) is 0.793. The summed E-state index contributed by atoms with van der Waals surface area (Å²) in [5.41, 5.74) is 1.13. The number of amides is 2. The molecule has 0 fully saturated rings. The topological polar surface area (TPSA) is 58.6 Å². The third-order valence-corrected chi connectivity index (χ3v) is 5.40. The Balaban J connectivity index is 1.78. The van der Waals surface area contributed by atoms with Crippen molar-refractivity contribution in [3.05, 3.63) is 82.4 Å². The van der Waals surface area contributed by atoms with E-state index in [1.165, 1.54) is 29.5 Å². The molecule has 0 saturated carbocycles. The van der Waals surface area contributed by atoms with Crippen LogP contribution in [0.2, 0.25) is 0 Å². The molecule has 5 nitrogen and oxygen atoms in total. The van der Waals surface area contributed by atoms with Gasteiger partial charge in [-0.2, -0.15) is 0 Å². The molecule has 0 aliphatic carbocycles. The Morgan fingerprint density at radius 1 is 1.03 bits per heavy atom. The summed E-state index contributed by atoms with van der Waals surface area (Å²) in [4.78, 5) is 28.5. The lowest BCUT2D eigenvalue weighted by Gasteiger charge is -2.19. The number of benzene rings is 2. The van der Waals surface area contributed by atoms with Gasteiger partial charge in [0.05, 0.1) is 17.9 Å². The summed E-state index contributed by atoms with van der Waals surface area (Å²) >= 11 is 1.36. The molecular formula is C23H19FN2O3S. The second kappa shape index (κ2) is 8.51. The van der Waals surface area contributed by atoms with Gasteiger partial charge in [0.1, 0.15) is 17.3 Å². The zero-order valence-corrected chi connectivity index (χ0v) is 17.0. The summed E-state index contributed by atoms with van der Waals surface area (Å²) in [6.45, 7) is 2.44. The van der Waals surface area contributed by atoms with Crippen LogP contribution in [-0.4, -0.2) is 18.4 Å². The van der Waals surface area contributed by atoms with Gasteiger partial charge in [-0.1, -0.05) is 31.2 Å². The molecular weight excluding hydrogens is 403 g/mol. The van der Waals surface area contributed by atoms with E-state index in [1.54, 1.807) is 36.4 Å². The fourth-order valence-electron chi connectivity index (χ4n) is 3.20. The highest BCUT2D eigenvalue weighted by molar-refractivity contribution is 7.11. The average Bonchev–Trinajstić information content (AvgIpc) is 3.34. The van der Waals surface area contributed by atoms with Crippen molar-refractivity contribution in [2.45, 2.75) is 13.3 Å². The number of carbonyl (C=O) groups excluding carboxylic acids is 2. The first-order valence-corrected chi connectivity index (χ1v) is 10.4. The van der Waals surface area contributed by atoms with E-state index >= 15 is 0 Å². The summed E-state index contributed by atoms with van der Waals surface area (Å²) in [7, 11) is 0. The number of carbonyl (C=O) groups is 2. The first-order valence-electron chi connectivity index (χ1n) is 9.51. The molecule has 2 amide bonds. The van der Waals surface area contributed by atoms with Crippen LogP contribution in [0.4, 0.5) is 15.8 Å². The third-order valence-electron chi connectivity index (χ3n) is 4.51. The van der Waals surface area contributed by atoms with E-state index in [4.69, 9.17) is 4.74 Å². The van der Waals surface area contributed by atoms with Gasteiger partial charge in [0.15, 0.2) is 0 Å². The van der Waals surface area contributed by atoms with Gasteiger partial charge in [0.2, 0.25) is 0 Å². The maximum Gasteiger partial charge on any atom is 0.282 e. The minimum Gasteiger partial charge on any atom is -0.491 e. The van der Waals surface area contributed by atoms with E-state index < -0.39 is 17.6 Å². The highest BCUT2D eigenvalue weighted by atomic mass is 32.1. The summed E-state index contributed by atoms with van der Waals surface area (Å²) in [5.74, 6) is -0.946. The molecule has 1 aliphatic rings. The first kappa shape index (κ1) is 19.8. The van der Waals surface area contributed by atoms with Crippen LogP contribution < -0.4 is 15.0 Å². The highest BCUT2D eigenvalue weighted by Gasteiger charge is 2.41. The van der Waals surface area contributed by atoms with Crippen molar-refractivity contribution in [1.82, 2.24) is 0 Å². The van der Waals surface area contributed by atoms with E-state index in [0.29, 0.717) is 28.6 Å². The predicted octanol–water partition coefficient (Wildman–Crippen LogP) is 5.07. The SMILES string of the molecule is CCCOc1ccccc1N1C(=O)C(Nc2cccc(F)c2)=C(c2cccs2)C1=O. The highest BCUT2D eigenvalue weighted by Crippen LogP contribution is 2.39. The quantitative estimate of drug-likeness (QED) is 0.540. The Morgan fingerprint density at radius 2 is 1.87 bits per heavy atom. The molecule has 1 N–H and O–H groups in total. The largest absolute Gasteiger partial charge is 0.491 e. The van der Waals surface area contributed by atoms with Crippen LogP contribution in [0, 0.1) is 5.82 Å². The Kier molecular flexibility index (Phi) is 5.63. The zero-order chi connectivity index (χ0) is 21.1. The van der Waals surface area contributed by atoms with Crippen LogP contribution in [0.25, 0.3) is 5.57 Å². The Bertz CT molecular complexity index is 1120. The number of nitrogens with zero attached hydrogens (tertiary/aromatic N) is 1. The second-order valence-electron chi connectivity index (χ2n) is 6.62. The molecule has 7 heteroatoms. The lowest BCUT2D eigenvalue weighted by molar-refractivity contribution is -0.120. The number of rotatable bonds is 7. The van der Waals surface area contributed by atoms with Gasteiger partial charge in [0, 0.05) is 10.6 Å². The van der Waals surface area contributed by atoms with Crippen LogP contribution >= 0.6 is 11.3 Å². The van der Waals surface area contributed by atoms with E-state index in [2.05, 4.69) is 5.32 Å². The van der Waals surface area contributed by atoms with Gasteiger partial charge in [-0.15, -0.1) is 11.3 Å². The normalized spacial score (nSPS) is 13.9. The number of para-hydroxylation sites is 2. The maximum atomic E-state index is 13.7. The zero-order valence-electron chi connectivity index (χ0n) is 16.2. The number of ether oxygens (including phenoxy) is 1. The predicted molar refractivity (Wildman–Crippen MR) is 116 cm³/mol. The van der Waals surface area contributed by atoms with E-state index in [9.17, 15) is 14.0 Å². The number of halogens is 1. The standard InChI is InChI=1S/C23H19FN2O3S/c1-2-12-29-18-10-4-3-9-17(18)26-22(27)20(19-11-6-13-30-19)21(23(26)28)25-16-8-5-7-15(24)14-16/h3-11,13-14,25H,2,12H2,1H3. The molecule has 1 aliphatic heterocycles. The molecule has 3 aromatic rings. The monoisotopic (exact) mass is 422 g/mol. The van der Waals surface area contributed by atoms with Crippen molar-refractivity contribution in [2.75, 3.05) is 16.8 Å². The minimum absolute atomic E-state index is 0.110. The second-order valence-corrected chi connectivity index (χ2v) is 7.57. The number of hydrogen-bond acceptors (Lipinski definition) is 5. The number of hydrogen-bond donors (Lipinski definition) is 1. The van der Waals surface area contributed by atoms with Gasteiger partial charge in [-0.25, -0.2) is 9.29 Å². The van der Waals surface area contributed by atoms with Crippen LogP contribution in [0.3, 0.4) is 0 Å². The van der Waals surface area contributed by atoms with Gasteiger partial charge in [-0.3, -0.25) is 9.59 Å². The average molecular weight is 422 g/mol. The smallest absolute Gasteiger partial charge is 0.282 e. The van der Waals surface area contributed by atoms with Crippen molar-refractivity contribution >= 4 is 40.1 Å². The molecule has 4 rings (SSSR count). The number of imide groups is 1. The van der Waals surface area contributed by atoms with E-state index in [1.807, 2.05) is 18.4 Å². The van der Waals surface area contributed by atoms with Crippen molar-refractivity contribution in [3.63, 3.8) is 0 Å². The fraction of sp³-hybridized carbons (Fsp3) is 0.130. The Morgan fingerprint density at radius 3 is 2.60 bits per heavy atom. The summed E-state index contributed by atoms with van der Waals surface area (Å²) in [5, 5.41) is 4.79. The van der Waals surface area contributed by atoms with Gasteiger partial charge >= 0.3 is 0 Å². The van der Waals surface area contributed by atoms with Crippen molar-refractivity contribution in [3.8, 4) is 5.75 Å². The van der Waals surface area contributed by atoms with Gasteiger partial charge in [-0.05, 0) is 48.2 Å². The molecule has 2 heterocycles. The van der Waals surface area contributed by atoms with Crippen molar-refractivity contribution in [1.29, 1.82) is 0 Å². The Hall–Kier alpha value is -3.45. The molecule has 0 bridgehead atoms. The van der Waals surface area contributed by atoms with Crippen molar-refractivity contribution in [2.24, 2.45) is 0 Å². The molecule has 0 spiro atoms. The number of thiophene rings is 1. The molecule has 0 atom stereocenters. The van der Waals surface area contributed by atoms with Crippen LogP contribution in [0.15, 0.2) is 71.7 Å². The molecule has 0 saturated heterocycles. The molecule has 152 valence electrons. The summed E-state index contributed by atoms with van der Waals surface area (Å²) in [6, 6.07) is 16.3. The van der Waals surface area contributed by atoms with Gasteiger partial charge < -0.3 is 10.1 Å². The maximum absolute atomic E-state index is 13.7. The van der Waals surface area contributed by atoms with Crippen LogP contribution in [0.1, 0.15) is 18.2 Å². The van der Waals surface area contributed by atoms with Crippen LogP contribution in [0.5, 0.6) is 5.75 Å². The third kappa shape index (κ3) is 3.71. The minimum atomic E-state index is -0.514. The molecule has 30 heavy (non-hydrogen) atoms. The Labute approximate surface area is 177 Å². The van der Waals surface area contributed by atoms with Crippen LogP contribution in [-0.2, 0) is 9.59 Å². The molecule has 1 aromatic heterocycles. The number of nitrogens with one attached hydrogen (secondary N) is 1. The summed E-state index contributed by atoms with van der Waals surface area (Å²) < 4.78 is 19.4. The first-order chi connectivity index (χ1) is 14.6. The fourth-order valence-corrected chi connectivity index (χ4v) is 3.97. The lowest BCUT2D eigenvalue weighted by Crippen LogP contribution is -2.32.